The van der Waals surface area contributed by atoms with E-state index in [0.717, 1.165) is 12.1 Å². The highest BCUT2D eigenvalue weighted by Crippen LogP contribution is 2.33. The number of anilines is 4. The van der Waals surface area contributed by atoms with Gasteiger partial charge >= 0.3 is 6.03 Å². The molecule has 0 aromatic heterocycles. The number of fused-ring (bicyclic) bond motifs is 2. The first-order chi connectivity index (χ1) is 25.3. The highest BCUT2D eigenvalue weighted by molar-refractivity contribution is 7.86. The van der Waals surface area contributed by atoms with Crippen LogP contribution in [0.5, 0.6) is 11.5 Å². The van der Waals surface area contributed by atoms with Gasteiger partial charge in [-0.1, -0.05) is 12.1 Å². The lowest BCUT2D eigenvalue weighted by Crippen LogP contribution is -2.21. The van der Waals surface area contributed by atoms with Gasteiger partial charge in [0.05, 0.1) is 21.2 Å². The van der Waals surface area contributed by atoms with Crippen molar-refractivity contribution in [3.05, 3.63) is 119 Å². The number of phenolic OH excluding ortho intramolecular Hbond substituents is 2. The topological polar surface area (TPSA) is 249 Å². The fourth-order valence-corrected chi connectivity index (χ4v) is 6.78. The molecule has 0 atom stereocenters. The third kappa shape index (κ3) is 8.08. The molecule has 0 saturated heterocycles. The Kier molecular flexibility index (Phi) is 9.74. The van der Waals surface area contributed by atoms with Gasteiger partial charge in [-0.05, 0) is 109 Å². The van der Waals surface area contributed by atoms with Gasteiger partial charge < -0.3 is 31.5 Å². The lowest BCUT2D eigenvalue weighted by molar-refractivity contribution is 0.101. The molecule has 0 aliphatic heterocycles. The van der Waals surface area contributed by atoms with Crippen molar-refractivity contribution in [2.45, 2.75) is 23.6 Å². The summed E-state index contributed by atoms with van der Waals surface area (Å²) in [5.41, 5.74) is 2.68. The van der Waals surface area contributed by atoms with Crippen LogP contribution in [-0.2, 0) is 20.2 Å². The quantitative estimate of drug-likeness (QED) is 0.0760. The number of hydrogen-bond donors (Lipinski definition) is 8. The summed E-state index contributed by atoms with van der Waals surface area (Å²) in [7, 11) is -8.98. The monoisotopic (exact) mass is 770 g/mol. The molecule has 6 rings (SSSR count). The van der Waals surface area contributed by atoms with Crippen LogP contribution in [0.25, 0.3) is 21.5 Å². The fourth-order valence-electron chi connectivity index (χ4n) is 5.75. The zero-order chi connectivity index (χ0) is 39.1. The Balaban J connectivity index is 1.11. The molecule has 6 aromatic carbocycles. The number of amides is 4. The summed E-state index contributed by atoms with van der Waals surface area (Å²) in [5.74, 6) is -1.60. The van der Waals surface area contributed by atoms with Crippen LogP contribution in [0, 0.1) is 13.8 Å². The van der Waals surface area contributed by atoms with Gasteiger partial charge in [-0.2, -0.15) is 16.8 Å². The summed E-state index contributed by atoms with van der Waals surface area (Å²) in [6.45, 7) is 3.35. The molecule has 0 heterocycles. The van der Waals surface area contributed by atoms with Crippen LogP contribution in [0.15, 0.2) is 107 Å². The summed E-state index contributed by atoms with van der Waals surface area (Å²) < 4.78 is 64.9. The second kappa shape index (κ2) is 14.1. The second-order valence-electron chi connectivity index (χ2n) is 12.2. The number of carbonyl (C=O) groups excluding carboxylic acids is 3. The minimum Gasteiger partial charge on any atom is -0.508 e. The Bertz CT molecular complexity index is 2600. The summed E-state index contributed by atoms with van der Waals surface area (Å²) in [6.07, 6.45) is 0. The molecule has 0 aliphatic carbocycles. The largest absolute Gasteiger partial charge is 0.508 e. The molecule has 276 valence electrons. The normalized spacial score (nSPS) is 11.6. The molecule has 0 saturated carbocycles. The molecular weight excluding hydrogens is 741 g/mol. The van der Waals surface area contributed by atoms with E-state index in [2.05, 4.69) is 21.3 Å². The average molecular weight is 771 g/mol. The van der Waals surface area contributed by atoms with Crippen LogP contribution in [0.4, 0.5) is 27.5 Å². The molecule has 17 heteroatoms. The third-order valence-electron chi connectivity index (χ3n) is 8.38. The van der Waals surface area contributed by atoms with Gasteiger partial charge in [-0.15, -0.1) is 0 Å². The van der Waals surface area contributed by atoms with Crippen molar-refractivity contribution in [1.29, 1.82) is 0 Å². The zero-order valence-electron chi connectivity index (χ0n) is 28.2. The summed E-state index contributed by atoms with van der Waals surface area (Å²) in [5, 5.41) is 32.5. The van der Waals surface area contributed by atoms with Crippen molar-refractivity contribution in [2.75, 3.05) is 21.3 Å². The van der Waals surface area contributed by atoms with E-state index < -0.39 is 38.1 Å². The number of aryl methyl sites for hydroxylation is 2. The minimum absolute atomic E-state index is 0.194. The van der Waals surface area contributed by atoms with Crippen molar-refractivity contribution >= 4 is 82.4 Å². The Morgan fingerprint density at radius 2 is 0.870 bits per heavy atom. The van der Waals surface area contributed by atoms with Crippen molar-refractivity contribution in [3.63, 3.8) is 0 Å². The number of nitrogens with one attached hydrogen (secondary N) is 4. The maximum absolute atomic E-state index is 13.2. The smallest absolute Gasteiger partial charge is 0.323 e. The standard InChI is InChI=1S/C37H30N4O11S2/c1-19-11-21(35(44)38-33-17-25(42)13-23-15-27(53(47,48)49)5-7-29(23)33)3-9-31(19)40-37(46)41-32-10-4-22(12-20(32)2)36(45)39-34-18-26(43)14-24-16-28(54(50,51)52)6-8-30(24)34/h3-18,42-43H,1-2H3,(H,38,44)(H,39,45)(H2,40,41,46)(H,47,48,49)(H,50,51,52). The van der Waals surface area contributed by atoms with Gasteiger partial charge in [0.15, 0.2) is 0 Å². The van der Waals surface area contributed by atoms with Gasteiger partial charge in [0.2, 0.25) is 0 Å². The molecule has 4 amide bonds. The highest BCUT2D eigenvalue weighted by atomic mass is 32.2. The number of urea groups is 1. The van der Waals surface area contributed by atoms with Crippen molar-refractivity contribution in [1.82, 2.24) is 0 Å². The van der Waals surface area contributed by atoms with Crippen LogP contribution in [0.1, 0.15) is 31.8 Å². The number of benzene rings is 6. The summed E-state index contributed by atoms with van der Waals surface area (Å²) in [4.78, 5) is 38.5. The molecular formula is C37H30N4O11S2. The molecule has 0 spiro atoms. The number of hydrogen-bond acceptors (Lipinski definition) is 9. The number of phenols is 2. The number of aromatic hydroxyl groups is 2. The molecule has 0 fully saturated rings. The summed E-state index contributed by atoms with van der Waals surface area (Å²) in [6, 6.07) is 21.1. The van der Waals surface area contributed by atoms with Crippen molar-refractivity contribution in [2.24, 2.45) is 0 Å². The lowest BCUT2D eigenvalue weighted by Gasteiger charge is -2.14. The third-order valence-corrected chi connectivity index (χ3v) is 10.1. The number of carbonyl (C=O) groups is 3. The van der Waals surface area contributed by atoms with Crippen LogP contribution in [0.3, 0.4) is 0 Å². The van der Waals surface area contributed by atoms with Gasteiger partial charge in [0, 0.05) is 45.4 Å². The Labute approximate surface area is 307 Å². The maximum atomic E-state index is 13.2. The molecule has 54 heavy (non-hydrogen) atoms. The molecule has 0 unspecified atom stereocenters. The van der Waals surface area contributed by atoms with Crippen LogP contribution >= 0.6 is 0 Å². The Hall–Kier alpha value is -6.53. The first-order valence-electron chi connectivity index (χ1n) is 15.8. The van der Waals surface area contributed by atoms with Crippen molar-refractivity contribution in [3.8, 4) is 11.5 Å². The molecule has 0 aliphatic rings. The molecule has 15 nitrogen and oxygen atoms in total. The number of rotatable bonds is 8. The molecule has 0 radical (unpaired) electrons. The van der Waals surface area contributed by atoms with Crippen LogP contribution in [-0.4, -0.2) is 54.0 Å². The van der Waals surface area contributed by atoms with Gasteiger partial charge in [-0.3, -0.25) is 18.7 Å². The molecule has 0 bridgehead atoms. The van der Waals surface area contributed by atoms with E-state index in [1.165, 1.54) is 84.9 Å². The van der Waals surface area contributed by atoms with Crippen molar-refractivity contribution < 1.29 is 50.5 Å². The van der Waals surface area contributed by atoms with Crippen LogP contribution in [0.2, 0.25) is 0 Å². The van der Waals surface area contributed by atoms with Crippen LogP contribution < -0.4 is 21.3 Å². The van der Waals surface area contributed by atoms with E-state index in [4.69, 9.17) is 0 Å². The van der Waals surface area contributed by atoms with E-state index in [-0.39, 0.29) is 54.6 Å². The Morgan fingerprint density at radius 1 is 0.481 bits per heavy atom. The molecule has 6 aromatic rings. The SMILES string of the molecule is Cc1cc(C(=O)Nc2cc(O)cc3cc(S(=O)(=O)O)ccc23)ccc1NC(=O)Nc1ccc(C(=O)Nc2cc(O)cc3cc(S(=O)(=O)O)ccc23)cc1C. The minimum atomic E-state index is -4.49. The average Bonchev–Trinajstić information content (AvgIpc) is 3.08. The van der Waals surface area contributed by atoms with Gasteiger partial charge in [0.1, 0.15) is 11.5 Å². The van der Waals surface area contributed by atoms with E-state index in [0.29, 0.717) is 33.3 Å². The zero-order valence-corrected chi connectivity index (χ0v) is 29.8. The van der Waals surface area contributed by atoms with E-state index in [1.54, 1.807) is 13.8 Å². The van der Waals surface area contributed by atoms with E-state index >= 15 is 0 Å². The first kappa shape index (κ1) is 37.2. The lowest BCUT2D eigenvalue weighted by atomic mass is 10.1. The Morgan fingerprint density at radius 3 is 1.22 bits per heavy atom. The fraction of sp³-hybridized carbons (Fsp3) is 0.0541. The van der Waals surface area contributed by atoms with E-state index in [1.807, 2.05) is 0 Å². The van der Waals surface area contributed by atoms with Gasteiger partial charge in [-0.25, -0.2) is 4.79 Å². The highest BCUT2D eigenvalue weighted by Gasteiger charge is 2.18. The van der Waals surface area contributed by atoms with E-state index in [9.17, 15) is 50.5 Å². The first-order valence-corrected chi connectivity index (χ1v) is 18.6. The predicted molar refractivity (Wildman–Crippen MR) is 202 cm³/mol. The predicted octanol–water partition coefficient (Wildman–Crippen LogP) is 6.66. The second-order valence-corrected chi connectivity index (χ2v) is 15.1. The maximum Gasteiger partial charge on any atom is 0.323 e. The van der Waals surface area contributed by atoms with Gasteiger partial charge in [0.25, 0.3) is 32.1 Å². The summed E-state index contributed by atoms with van der Waals surface area (Å²) >= 11 is 0. The molecule has 8 N–H and O–H groups in total.